The number of aryl methyl sites for hydroxylation is 3. The van der Waals surface area contributed by atoms with Gasteiger partial charge < -0.3 is 10.2 Å². The summed E-state index contributed by atoms with van der Waals surface area (Å²) in [6, 6.07) is 14.0. The summed E-state index contributed by atoms with van der Waals surface area (Å²) in [6.07, 6.45) is 1.97. The van der Waals surface area contributed by atoms with Gasteiger partial charge in [0.2, 0.25) is 15.9 Å². The molecule has 0 aromatic heterocycles. The Balaban J connectivity index is 1.47. The molecule has 32 heavy (non-hydrogen) atoms. The van der Waals surface area contributed by atoms with Gasteiger partial charge in [-0.1, -0.05) is 35.9 Å². The summed E-state index contributed by atoms with van der Waals surface area (Å²) in [7, 11) is -1.50. The molecule has 3 rings (SSSR count). The number of piperidine rings is 1. The zero-order valence-electron chi connectivity index (χ0n) is 19.6. The van der Waals surface area contributed by atoms with Gasteiger partial charge in [0, 0.05) is 44.8 Å². The summed E-state index contributed by atoms with van der Waals surface area (Å²) in [4.78, 5) is 15.2. The molecule has 0 radical (unpaired) electrons. The topological polar surface area (TPSA) is 69.7 Å². The number of anilines is 1. The van der Waals surface area contributed by atoms with E-state index in [0.29, 0.717) is 37.4 Å². The van der Waals surface area contributed by atoms with Gasteiger partial charge in [0.1, 0.15) is 0 Å². The second-order valence-electron chi connectivity index (χ2n) is 8.81. The van der Waals surface area contributed by atoms with Crippen LogP contribution in [0.2, 0.25) is 0 Å². The first-order valence-corrected chi connectivity index (χ1v) is 12.8. The van der Waals surface area contributed by atoms with Crippen molar-refractivity contribution in [1.82, 2.24) is 9.62 Å². The van der Waals surface area contributed by atoms with Crippen molar-refractivity contribution in [3.63, 3.8) is 0 Å². The molecule has 1 heterocycles. The third kappa shape index (κ3) is 5.70. The number of carbonyl (C=O) groups is 1. The zero-order valence-corrected chi connectivity index (χ0v) is 20.4. The Morgan fingerprint density at radius 1 is 1.06 bits per heavy atom. The third-order valence-corrected chi connectivity index (χ3v) is 8.40. The number of nitrogens with one attached hydrogen (secondary N) is 1. The van der Waals surface area contributed by atoms with E-state index in [2.05, 4.69) is 22.3 Å². The Morgan fingerprint density at radius 2 is 1.66 bits per heavy atom. The molecule has 1 saturated heterocycles. The van der Waals surface area contributed by atoms with Crippen molar-refractivity contribution in [2.45, 2.75) is 44.9 Å². The van der Waals surface area contributed by atoms with E-state index in [9.17, 15) is 13.2 Å². The number of hydrogen-bond acceptors (Lipinski definition) is 4. The number of nitrogens with zero attached hydrogens (tertiary/aromatic N) is 2. The normalized spacial score (nSPS) is 15.5. The molecule has 0 spiro atoms. The summed E-state index contributed by atoms with van der Waals surface area (Å²) < 4.78 is 28.0. The highest BCUT2D eigenvalue weighted by Crippen LogP contribution is 2.28. The molecular weight excluding hydrogens is 422 g/mol. The van der Waals surface area contributed by atoms with Crippen LogP contribution < -0.4 is 10.2 Å². The van der Waals surface area contributed by atoms with Crippen LogP contribution in [0.15, 0.2) is 47.4 Å². The lowest BCUT2D eigenvalue weighted by atomic mass is 9.97. The molecule has 0 atom stereocenters. The first-order valence-electron chi connectivity index (χ1n) is 11.3. The van der Waals surface area contributed by atoms with Crippen LogP contribution in [-0.4, -0.2) is 51.9 Å². The Bertz CT molecular complexity index is 1010. The van der Waals surface area contributed by atoms with Crippen LogP contribution in [0, 0.1) is 26.7 Å². The van der Waals surface area contributed by atoms with E-state index in [4.69, 9.17) is 0 Å². The Labute approximate surface area is 192 Å². The van der Waals surface area contributed by atoms with Crippen molar-refractivity contribution in [3.8, 4) is 0 Å². The van der Waals surface area contributed by atoms with Crippen LogP contribution in [0.1, 0.15) is 36.0 Å². The van der Waals surface area contributed by atoms with E-state index in [1.165, 1.54) is 4.31 Å². The Kier molecular flexibility index (Phi) is 7.96. The van der Waals surface area contributed by atoms with Crippen LogP contribution >= 0.6 is 0 Å². The highest BCUT2D eigenvalue weighted by molar-refractivity contribution is 7.89. The van der Waals surface area contributed by atoms with Gasteiger partial charge >= 0.3 is 0 Å². The summed E-state index contributed by atoms with van der Waals surface area (Å²) in [6.45, 7) is 7.91. The number of amides is 1. The molecule has 6 nitrogen and oxygen atoms in total. The Hall–Kier alpha value is -2.38. The average Bonchev–Trinajstić information content (AvgIpc) is 2.76. The molecule has 0 aliphatic carbocycles. The standard InChI is InChI=1S/C25H35N3O3S/c1-19-17-20(2)24(21(3)18-19)32(30,31)28-15-11-22(12-16-28)25(29)26-13-8-14-27(4)23-9-6-5-7-10-23/h5-7,9-10,17-18,22H,8,11-16H2,1-4H3,(H,26,29). The van der Waals surface area contributed by atoms with E-state index >= 15 is 0 Å². The highest BCUT2D eigenvalue weighted by atomic mass is 32.2. The minimum Gasteiger partial charge on any atom is -0.375 e. The van der Waals surface area contributed by atoms with E-state index in [1.807, 2.05) is 58.2 Å². The first kappa shape index (κ1) is 24.3. The predicted molar refractivity (Wildman–Crippen MR) is 129 cm³/mol. The van der Waals surface area contributed by atoms with Gasteiger partial charge in [-0.3, -0.25) is 4.79 Å². The van der Waals surface area contributed by atoms with Crippen LogP contribution in [-0.2, 0) is 14.8 Å². The lowest BCUT2D eigenvalue weighted by molar-refractivity contribution is -0.126. The smallest absolute Gasteiger partial charge is 0.243 e. The number of para-hydroxylation sites is 1. The van der Waals surface area contributed by atoms with Gasteiger partial charge in [0.25, 0.3) is 0 Å². The number of sulfonamides is 1. The van der Waals surface area contributed by atoms with Crippen molar-refractivity contribution in [3.05, 3.63) is 59.2 Å². The summed E-state index contributed by atoms with van der Waals surface area (Å²) in [5.41, 5.74) is 3.78. The fourth-order valence-electron chi connectivity index (χ4n) is 4.54. The number of hydrogen-bond donors (Lipinski definition) is 1. The van der Waals surface area contributed by atoms with Gasteiger partial charge in [-0.25, -0.2) is 8.42 Å². The first-order chi connectivity index (χ1) is 15.2. The minimum absolute atomic E-state index is 0.0344. The van der Waals surface area contributed by atoms with Crippen LogP contribution in [0.25, 0.3) is 0 Å². The van der Waals surface area contributed by atoms with Crippen LogP contribution in [0.3, 0.4) is 0 Å². The maximum Gasteiger partial charge on any atom is 0.243 e. The molecule has 1 fully saturated rings. The van der Waals surface area contributed by atoms with Crippen LogP contribution in [0.5, 0.6) is 0 Å². The SMILES string of the molecule is Cc1cc(C)c(S(=O)(=O)N2CCC(C(=O)NCCCN(C)c3ccccc3)CC2)c(C)c1. The van der Waals surface area contributed by atoms with E-state index in [0.717, 1.165) is 35.3 Å². The van der Waals surface area contributed by atoms with Gasteiger partial charge in [-0.05, 0) is 63.3 Å². The van der Waals surface area contributed by atoms with Gasteiger partial charge in [0.05, 0.1) is 4.90 Å². The highest BCUT2D eigenvalue weighted by Gasteiger charge is 2.33. The third-order valence-electron chi connectivity index (χ3n) is 6.19. The van der Waals surface area contributed by atoms with Crippen molar-refractivity contribution in [2.75, 3.05) is 38.1 Å². The van der Waals surface area contributed by atoms with Crippen molar-refractivity contribution < 1.29 is 13.2 Å². The minimum atomic E-state index is -3.55. The molecule has 0 bridgehead atoms. The molecule has 0 unspecified atom stereocenters. The monoisotopic (exact) mass is 457 g/mol. The van der Waals surface area contributed by atoms with E-state index < -0.39 is 10.0 Å². The lowest BCUT2D eigenvalue weighted by Crippen LogP contribution is -2.43. The van der Waals surface area contributed by atoms with E-state index in [1.54, 1.807) is 0 Å². The summed E-state index contributed by atoms with van der Waals surface area (Å²) in [5.74, 6) is -0.0966. The zero-order chi connectivity index (χ0) is 23.3. The van der Waals surface area contributed by atoms with E-state index in [-0.39, 0.29) is 11.8 Å². The van der Waals surface area contributed by atoms with Gasteiger partial charge in [-0.15, -0.1) is 0 Å². The maximum absolute atomic E-state index is 13.2. The van der Waals surface area contributed by atoms with Gasteiger partial charge in [0.15, 0.2) is 0 Å². The fourth-order valence-corrected chi connectivity index (χ4v) is 6.43. The van der Waals surface area contributed by atoms with Gasteiger partial charge in [-0.2, -0.15) is 4.31 Å². The molecule has 2 aromatic rings. The molecule has 1 aliphatic heterocycles. The molecule has 174 valence electrons. The van der Waals surface area contributed by atoms with Crippen molar-refractivity contribution in [2.24, 2.45) is 5.92 Å². The summed E-state index contributed by atoms with van der Waals surface area (Å²) in [5, 5.41) is 3.04. The molecule has 1 amide bonds. The molecule has 1 N–H and O–H groups in total. The van der Waals surface area contributed by atoms with Crippen LogP contribution in [0.4, 0.5) is 5.69 Å². The largest absolute Gasteiger partial charge is 0.375 e. The molecule has 0 saturated carbocycles. The second-order valence-corrected chi connectivity index (χ2v) is 10.7. The fraction of sp³-hybridized carbons (Fsp3) is 0.480. The molecule has 2 aromatic carbocycles. The summed E-state index contributed by atoms with van der Waals surface area (Å²) >= 11 is 0. The Morgan fingerprint density at radius 3 is 2.25 bits per heavy atom. The van der Waals surface area contributed by atoms with Crippen molar-refractivity contribution >= 4 is 21.6 Å². The second kappa shape index (κ2) is 10.5. The lowest BCUT2D eigenvalue weighted by Gasteiger charge is -2.31. The number of rotatable bonds is 8. The van der Waals surface area contributed by atoms with Crippen molar-refractivity contribution in [1.29, 1.82) is 0 Å². The molecule has 7 heteroatoms. The maximum atomic E-state index is 13.2. The molecular formula is C25H35N3O3S. The number of benzene rings is 2. The molecule has 1 aliphatic rings. The average molecular weight is 458 g/mol. The quantitative estimate of drug-likeness (QED) is 0.615. The number of carbonyl (C=O) groups excluding carboxylic acids is 1. The predicted octanol–water partition coefficient (Wildman–Crippen LogP) is 3.66.